The summed E-state index contributed by atoms with van der Waals surface area (Å²) in [6.45, 7) is 2.68. The minimum atomic E-state index is -0.318. The molecule has 1 amide bonds. The molecule has 1 aliphatic heterocycles. The Hall–Kier alpha value is -2.68. The van der Waals surface area contributed by atoms with Crippen LogP contribution in [0.2, 0.25) is 0 Å². The summed E-state index contributed by atoms with van der Waals surface area (Å²) in [4.78, 5) is 21.2. The van der Waals surface area contributed by atoms with Crippen molar-refractivity contribution in [3.8, 4) is 17.5 Å². The van der Waals surface area contributed by atoms with Gasteiger partial charge in [0.2, 0.25) is 0 Å². The van der Waals surface area contributed by atoms with E-state index < -0.39 is 0 Å². The van der Waals surface area contributed by atoms with E-state index in [4.69, 9.17) is 5.26 Å². The zero-order valence-corrected chi connectivity index (χ0v) is 11.4. The lowest BCUT2D eigenvalue weighted by molar-refractivity contribution is 0.0571. The van der Waals surface area contributed by atoms with Crippen molar-refractivity contribution < 1.29 is 9.18 Å². The number of H-pyrrole nitrogens is 1. The maximum Gasteiger partial charge on any atom is 0.274 e. The molecule has 106 valence electrons. The molecule has 1 aromatic heterocycles. The molecule has 1 fully saturated rings. The Labute approximate surface area is 121 Å². The van der Waals surface area contributed by atoms with Crippen LogP contribution < -0.4 is 0 Å². The van der Waals surface area contributed by atoms with Gasteiger partial charge in [-0.2, -0.15) is 5.26 Å². The number of nitrogens with one attached hydrogen (secondary N) is 1. The number of hydrogen-bond donors (Lipinski definition) is 1. The molecule has 2 heterocycles. The van der Waals surface area contributed by atoms with E-state index in [1.807, 2.05) is 0 Å². The van der Waals surface area contributed by atoms with E-state index in [1.54, 1.807) is 24.0 Å². The molecule has 0 aliphatic carbocycles. The largest absolute Gasteiger partial charge is 0.341 e. The summed E-state index contributed by atoms with van der Waals surface area (Å²) < 4.78 is 12.9. The third-order valence-electron chi connectivity index (χ3n) is 3.56. The average Bonchev–Trinajstić information content (AvgIpc) is 2.80. The molecule has 1 aromatic carbocycles. The number of aromatic amines is 1. The highest BCUT2D eigenvalue weighted by Gasteiger charge is 2.33. The Morgan fingerprint density at radius 1 is 1.43 bits per heavy atom. The fourth-order valence-electron chi connectivity index (χ4n) is 2.29. The molecule has 1 N–H and O–H groups in total. The van der Waals surface area contributed by atoms with Crippen LogP contribution in [0.25, 0.3) is 11.4 Å². The van der Waals surface area contributed by atoms with Crippen molar-refractivity contribution in [2.24, 2.45) is 5.92 Å². The fraction of sp³-hybridized carbons (Fsp3) is 0.267. The first-order chi connectivity index (χ1) is 10.1. The maximum absolute atomic E-state index is 12.9. The summed E-state index contributed by atoms with van der Waals surface area (Å²) in [5, 5.41) is 8.75. The predicted molar refractivity (Wildman–Crippen MR) is 73.7 cm³/mol. The lowest BCUT2D eigenvalue weighted by atomic mass is 10.0. The highest BCUT2D eigenvalue weighted by Crippen LogP contribution is 2.22. The Bertz CT molecular complexity index is 723. The number of rotatable bonds is 2. The second kappa shape index (κ2) is 5.02. The van der Waals surface area contributed by atoms with Crippen LogP contribution in [-0.2, 0) is 0 Å². The molecule has 0 bridgehead atoms. The number of halogens is 1. The van der Waals surface area contributed by atoms with Crippen molar-refractivity contribution in [3.63, 3.8) is 0 Å². The van der Waals surface area contributed by atoms with E-state index in [0.717, 1.165) is 5.56 Å². The summed E-state index contributed by atoms with van der Waals surface area (Å²) in [5.74, 6) is -0.0389. The van der Waals surface area contributed by atoms with Crippen molar-refractivity contribution in [2.45, 2.75) is 6.92 Å². The lowest BCUT2D eigenvalue weighted by Gasteiger charge is -2.34. The number of carbonyl (C=O) groups is 1. The molecule has 21 heavy (non-hydrogen) atoms. The highest BCUT2D eigenvalue weighted by molar-refractivity contribution is 5.94. The molecule has 3 rings (SSSR count). The number of nitriles is 1. The van der Waals surface area contributed by atoms with Crippen LogP contribution in [0, 0.1) is 30.0 Å². The summed E-state index contributed by atoms with van der Waals surface area (Å²) in [6, 6.07) is 8.05. The molecule has 1 aliphatic rings. The van der Waals surface area contributed by atoms with Gasteiger partial charge < -0.3 is 9.88 Å². The lowest BCUT2D eigenvalue weighted by Crippen LogP contribution is -2.49. The average molecular weight is 284 g/mol. The van der Waals surface area contributed by atoms with Gasteiger partial charge in [-0.3, -0.25) is 4.79 Å². The van der Waals surface area contributed by atoms with Gasteiger partial charge in [-0.15, -0.1) is 0 Å². The minimum Gasteiger partial charge on any atom is -0.341 e. The number of carbonyl (C=O) groups excluding carboxylic acids is 1. The number of benzene rings is 1. The second-order valence-electron chi connectivity index (χ2n) is 5.10. The number of amides is 1. The zero-order chi connectivity index (χ0) is 15.0. The van der Waals surface area contributed by atoms with E-state index in [2.05, 4.69) is 16.0 Å². The van der Waals surface area contributed by atoms with Gasteiger partial charge in [0, 0.05) is 24.3 Å². The Morgan fingerprint density at radius 2 is 2.10 bits per heavy atom. The van der Waals surface area contributed by atoms with Crippen molar-refractivity contribution in [3.05, 3.63) is 41.5 Å². The first-order valence-corrected chi connectivity index (χ1v) is 6.60. The van der Waals surface area contributed by atoms with Crippen LogP contribution in [0.4, 0.5) is 4.39 Å². The highest BCUT2D eigenvalue weighted by atomic mass is 19.1. The van der Waals surface area contributed by atoms with Crippen LogP contribution in [0.1, 0.15) is 16.2 Å². The third-order valence-corrected chi connectivity index (χ3v) is 3.56. The first-order valence-electron chi connectivity index (χ1n) is 6.60. The van der Waals surface area contributed by atoms with E-state index >= 15 is 0 Å². The van der Waals surface area contributed by atoms with Crippen LogP contribution in [0.3, 0.4) is 0 Å². The van der Waals surface area contributed by atoms with Gasteiger partial charge in [0.15, 0.2) is 0 Å². The quantitative estimate of drug-likeness (QED) is 0.918. The Kier molecular flexibility index (Phi) is 3.18. The van der Waals surface area contributed by atoms with E-state index in [-0.39, 0.29) is 17.6 Å². The fourth-order valence-corrected chi connectivity index (χ4v) is 2.29. The van der Waals surface area contributed by atoms with E-state index in [1.165, 1.54) is 12.1 Å². The van der Waals surface area contributed by atoms with Crippen molar-refractivity contribution in [2.75, 3.05) is 13.1 Å². The number of imidazole rings is 1. The van der Waals surface area contributed by atoms with Crippen molar-refractivity contribution in [1.29, 1.82) is 5.26 Å². The summed E-state index contributed by atoms with van der Waals surface area (Å²) >= 11 is 0. The number of likely N-dealkylation sites (tertiary alicyclic amines) is 1. The molecule has 0 unspecified atom stereocenters. The number of hydrogen-bond acceptors (Lipinski definition) is 3. The standard InChI is InChI=1S/C15H13FN4O/c1-9-13(15(21)20-7-10(6-17)8-20)19-14(18-9)11-2-4-12(16)5-3-11/h2-5,10H,7-8H2,1H3,(H,18,19). The van der Waals surface area contributed by atoms with Gasteiger partial charge in [-0.05, 0) is 31.2 Å². The molecule has 0 spiro atoms. The zero-order valence-electron chi connectivity index (χ0n) is 11.4. The Balaban J connectivity index is 1.83. The van der Waals surface area contributed by atoms with E-state index in [9.17, 15) is 9.18 Å². The molecule has 0 saturated carbocycles. The molecule has 0 radical (unpaired) electrons. The van der Waals surface area contributed by atoms with Crippen LogP contribution in [0.15, 0.2) is 24.3 Å². The molecule has 1 saturated heterocycles. The van der Waals surface area contributed by atoms with E-state index in [0.29, 0.717) is 30.3 Å². The van der Waals surface area contributed by atoms with Gasteiger partial charge in [0.25, 0.3) is 5.91 Å². The van der Waals surface area contributed by atoms with Crippen LogP contribution >= 0.6 is 0 Å². The number of aryl methyl sites for hydroxylation is 1. The molecular formula is C15H13FN4O. The topological polar surface area (TPSA) is 72.8 Å². The van der Waals surface area contributed by atoms with Crippen molar-refractivity contribution in [1.82, 2.24) is 14.9 Å². The number of aromatic nitrogens is 2. The minimum absolute atomic E-state index is 0.0789. The Morgan fingerprint density at radius 3 is 2.71 bits per heavy atom. The monoisotopic (exact) mass is 284 g/mol. The normalized spacial score (nSPS) is 14.6. The van der Waals surface area contributed by atoms with Crippen LogP contribution in [0.5, 0.6) is 0 Å². The molecule has 0 atom stereocenters. The summed E-state index contributed by atoms with van der Waals surface area (Å²) in [5.41, 5.74) is 1.74. The van der Waals surface area contributed by atoms with Crippen LogP contribution in [-0.4, -0.2) is 33.9 Å². The summed E-state index contributed by atoms with van der Waals surface area (Å²) in [6.07, 6.45) is 0. The van der Waals surface area contributed by atoms with Gasteiger partial charge in [-0.25, -0.2) is 9.37 Å². The molecule has 2 aromatic rings. The second-order valence-corrected chi connectivity index (χ2v) is 5.10. The third kappa shape index (κ3) is 2.38. The van der Waals surface area contributed by atoms with Gasteiger partial charge in [0.1, 0.15) is 17.3 Å². The van der Waals surface area contributed by atoms with Gasteiger partial charge in [0.05, 0.1) is 12.0 Å². The number of nitrogens with zero attached hydrogens (tertiary/aromatic N) is 3. The smallest absolute Gasteiger partial charge is 0.274 e. The summed E-state index contributed by atoms with van der Waals surface area (Å²) in [7, 11) is 0. The van der Waals surface area contributed by atoms with Gasteiger partial charge in [-0.1, -0.05) is 0 Å². The predicted octanol–water partition coefficient (Wildman–Crippen LogP) is 2.12. The first kappa shape index (κ1) is 13.3. The SMILES string of the molecule is Cc1[nH]c(-c2ccc(F)cc2)nc1C(=O)N1CC(C#N)C1. The molecule has 5 nitrogen and oxygen atoms in total. The maximum atomic E-state index is 12.9. The molecular weight excluding hydrogens is 271 g/mol. The van der Waals surface area contributed by atoms with Gasteiger partial charge >= 0.3 is 0 Å². The van der Waals surface area contributed by atoms with Crippen molar-refractivity contribution >= 4 is 5.91 Å². The molecule has 6 heteroatoms.